The van der Waals surface area contributed by atoms with E-state index < -0.39 is 0 Å². The van der Waals surface area contributed by atoms with Crippen molar-refractivity contribution in [1.29, 1.82) is 0 Å². The largest absolute Gasteiger partial charge is 1.00 e. The van der Waals surface area contributed by atoms with Crippen LogP contribution in [-0.2, 0) is 6.54 Å². The fraction of sp³-hybridized carbons (Fsp3) is 0.200. The summed E-state index contributed by atoms with van der Waals surface area (Å²) in [7, 11) is 0. The first-order valence-corrected chi connectivity index (χ1v) is 4.68. The van der Waals surface area contributed by atoms with Crippen molar-refractivity contribution in [2.24, 2.45) is 0 Å². The standard InChI is InChI=1S/C10H12BrN.ClH/c1-2-6-12-8-9-4-3-5-10(11)7-9;/h2-5,7,12H,1,6,8H2;1H/p-1. The molecule has 0 radical (unpaired) electrons. The molecule has 1 aromatic rings. The normalized spacial score (nSPS) is 9.00. The third-order valence-electron chi connectivity index (χ3n) is 1.51. The Morgan fingerprint density at radius 3 is 2.85 bits per heavy atom. The minimum Gasteiger partial charge on any atom is -1.00 e. The molecule has 0 aliphatic carbocycles. The van der Waals surface area contributed by atoms with E-state index in [0.717, 1.165) is 17.6 Å². The van der Waals surface area contributed by atoms with Crippen molar-refractivity contribution >= 4 is 15.9 Å². The highest BCUT2D eigenvalue weighted by atomic mass is 79.9. The molecule has 0 atom stereocenters. The monoisotopic (exact) mass is 260 g/mol. The Morgan fingerprint density at radius 2 is 2.23 bits per heavy atom. The van der Waals surface area contributed by atoms with Gasteiger partial charge in [-0.25, -0.2) is 0 Å². The van der Waals surface area contributed by atoms with Crippen molar-refractivity contribution in [3.05, 3.63) is 47.0 Å². The van der Waals surface area contributed by atoms with Gasteiger partial charge in [0.1, 0.15) is 0 Å². The molecule has 1 rings (SSSR count). The minimum atomic E-state index is 0. The number of halogens is 2. The third-order valence-corrected chi connectivity index (χ3v) is 2.00. The Kier molecular flexibility index (Phi) is 6.96. The van der Waals surface area contributed by atoms with Gasteiger partial charge in [-0.3, -0.25) is 0 Å². The first-order chi connectivity index (χ1) is 5.83. The van der Waals surface area contributed by atoms with Crippen molar-refractivity contribution in [3.8, 4) is 0 Å². The number of hydrogen-bond donors (Lipinski definition) is 1. The van der Waals surface area contributed by atoms with Crippen LogP contribution in [0.25, 0.3) is 0 Å². The molecule has 3 heteroatoms. The van der Waals surface area contributed by atoms with Crippen LogP contribution in [0.2, 0.25) is 0 Å². The second-order valence-electron chi connectivity index (χ2n) is 2.55. The van der Waals surface area contributed by atoms with Crippen LogP contribution >= 0.6 is 15.9 Å². The van der Waals surface area contributed by atoms with Crippen molar-refractivity contribution in [2.75, 3.05) is 6.54 Å². The molecule has 0 spiro atoms. The molecule has 0 unspecified atom stereocenters. The van der Waals surface area contributed by atoms with Gasteiger partial charge in [-0.2, -0.15) is 0 Å². The molecule has 1 nitrogen and oxygen atoms in total. The van der Waals surface area contributed by atoms with Crippen molar-refractivity contribution < 1.29 is 12.4 Å². The minimum absolute atomic E-state index is 0. The smallest absolute Gasteiger partial charge is 0.0208 e. The highest BCUT2D eigenvalue weighted by Crippen LogP contribution is 2.10. The lowest BCUT2D eigenvalue weighted by Gasteiger charge is -2.01. The van der Waals surface area contributed by atoms with Crippen LogP contribution in [0.3, 0.4) is 0 Å². The first-order valence-electron chi connectivity index (χ1n) is 3.89. The summed E-state index contributed by atoms with van der Waals surface area (Å²) in [5.74, 6) is 0. The zero-order valence-electron chi connectivity index (χ0n) is 7.26. The average molecular weight is 262 g/mol. The molecule has 0 heterocycles. The number of rotatable bonds is 4. The van der Waals surface area contributed by atoms with E-state index in [4.69, 9.17) is 0 Å². The van der Waals surface area contributed by atoms with E-state index in [-0.39, 0.29) is 12.4 Å². The molecule has 0 saturated carbocycles. The van der Waals surface area contributed by atoms with Gasteiger partial charge in [-0.05, 0) is 17.7 Å². The van der Waals surface area contributed by atoms with Crippen LogP contribution in [0.4, 0.5) is 0 Å². The number of benzene rings is 1. The summed E-state index contributed by atoms with van der Waals surface area (Å²) in [4.78, 5) is 0. The van der Waals surface area contributed by atoms with E-state index in [2.05, 4.69) is 40.0 Å². The molecule has 0 amide bonds. The fourth-order valence-electron chi connectivity index (χ4n) is 0.965. The summed E-state index contributed by atoms with van der Waals surface area (Å²) in [6.07, 6.45) is 1.86. The SMILES string of the molecule is C=CCNCc1cccc(Br)c1.[Cl-]. The van der Waals surface area contributed by atoms with Crippen LogP contribution in [0.15, 0.2) is 41.4 Å². The lowest BCUT2D eigenvalue weighted by atomic mass is 10.2. The second kappa shape index (κ2) is 7.13. The highest BCUT2D eigenvalue weighted by Gasteiger charge is 1.91. The zero-order chi connectivity index (χ0) is 8.81. The molecule has 1 aromatic carbocycles. The van der Waals surface area contributed by atoms with Crippen molar-refractivity contribution in [1.82, 2.24) is 5.32 Å². The lowest BCUT2D eigenvalue weighted by Crippen LogP contribution is -3.00. The molecule has 1 N–H and O–H groups in total. The predicted molar refractivity (Wildman–Crippen MR) is 56.0 cm³/mol. The van der Waals surface area contributed by atoms with Crippen molar-refractivity contribution in [3.63, 3.8) is 0 Å². The van der Waals surface area contributed by atoms with Crippen molar-refractivity contribution in [2.45, 2.75) is 6.54 Å². The van der Waals surface area contributed by atoms with E-state index in [1.54, 1.807) is 0 Å². The Balaban J connectivity index is 0.00000144. The van der Waals surface area contributed by atoms with Crippen LogP contribution in [0, 0.1) is 0 Å². The van der Waals surface area contributed by atoms with Gasteiger partial charge in [-0.15, -0.1) is 6.58 Å². The summed E-state index contributed by atoms with van der Waals surface area (Å²) < 4.78 is 1.13. The van der Waals surface area contributed by atoms with Gasteiger partial charge in [0.25, 0.3) is 0 Å². The molecule has 0 aliphatic rings. The predicted octanol–water partition coefficient (Wildman–Crippen LogP) is -0.271. The maximum atomic E-state index is 3.64. The number of nitrogens with one attached hydrogen (secondary N) is 1. The molecular formula is C10H12BrClN-. The zero-order valence-corrected chi connectivity index (χ0v) is 9.61. The van der Waals surface area contributed by atoms with Crippen LogP contribution < -0.4 is 17.7 Å². The Morgan fingerprint density at radius 1 is 1.46 bits per heavy atom. The van der Waals surface area contributed by atoms with Gasteiger partial charge in [0.2, 0.25) is 0 Å². The Labute approximate surface area is 93.8 Å². The summed E-state index contributed by atoms with van der Waals surface area (Å²) in [6, 6.07) is 8.27. The second-order valence-corrected chi connectivity index (χ2v) is 3.47. The van der Waals surface area contributed by atoms with Crippen LogP contribution in [-0.4, -0.2) is 6.54 Å². The number of hydrogen-bond acceptors (Lipinski definition) is 1. The van der Waals surface area contributed by atoms with Crippen LogP contribution in [0.1, 0.15) is 5.56 Å². The Hall–Kier alpha value is -0.310. The van der Waals surface area contributed by atoms with Gasteiger partial charge < -0.3 is 17.7 Å². The summed E-state index contributed by atoms with van der Waals surface area (Å²) >= 11 is 3.42. The maximum absolute atomic E-state index is 3.64. The summed E-state index contributed by atoms with van der Waals surface area (Å²) in [5, 5.41) is 3.24. The summed E-state index contributed by atoms with van der Waals surface area (Å²) in [6.45, 7) is 5.39. The van der Waals surface area contributed by atoms with Gasteiger partial charge in [0.15, 0.2) is 0 Å². The van der Waals surface area contributed by atoms with E-state index in [1.165, 1.54) is 5.56 Å². The van der Waals surface area contributed by atoms with E-state index in [0.29, 0.717) is 0 Å². The lowest BCUT2D eigenvalue weighted by molar-refractivity contribution is -0.00000236. The van der Waals surface area contributed by atoms with Gasteiger partial charge in [0, 0.05) is 17.6 Å². The quantitative estimate of drug-likeness (QED) is 0.581. The Bertz CT molecular complexity index is 263. The maximum Gasteiger partial charge on any atom is 0.0208 e. The summed E-state index contributed by atoms with van der Waals surface area (Å²) in [5.41, 5.74) is 1.28. The topological polar surface area (TPSA) is 12.0 Å². The molecular weight excluding hydrogens is 249 g/mol. The molecule has 0 fully saturated rings. The van der Waals surface area contributed by atoms with Gasteiger partial charge >= 0.3 is 0 Å². The highest BCUT2D eigenvalue weighted by molar-refractivity contribution is 9.10. The molecule has 0 bridgehead atoms. The molecule has 0 aliphatic heterocycles. The average Bonchev–Trinajstić information content (AvgIpc) is 2.05. The fourth-order valence-corrected chi connectivity index (χ4v) is 1.41. The van der Waals surface area contributed by atoms with Crippen LogP contribution in [0.5, 0.6) is 0 Å². The van der Waals surface area contributed by atoms with E-state index in [9.17, 15) is 0 Å². The van der Waals surface area contributed by atoms with Gasteiger partial charge in [-0.1, -0.05) is 34.1 Å². The molecule has 0 saturated heterocycles. The van der Waals surface area contributed by atoms with E-state index in [1.807, 2.05) is 18.2 Å². The molecule has 13 heavy (non-hydrogen) atoms. The molecule has 0 aromatic heterocycles. The molecule has 72 valence electrons. The first kappa shape index (κ1) is 12.7. The van der Waals surface area contributed by atoms with Gasteiger partial charge in [0.05, 0.1) is 0 Å². The third kappa shape index (κ3) is 5.09. The van der Waals surface area contributed by atoms with E-state index >= 15 is 0 Å².